The number of hydrogen-bond donors (Lipinski definition) is 4. The van der Waals surface area contributed by atoms with Gasteiger partial charge >= 0.3 is 0 Å². The summed E-state index contributed by atoms with van der Waals surface area (Å²) < 4.78 is 0. The molecule has 2 atom stereocenters. The second-order valence-electron chi connectivity index (χ2n) is 12.3. The van der Waals surface area contributed by atoms with Gasteiger partial charge in [-0.1, -0.05) is 87.9 Å². The fourth-order valence-electron chi connectivity index (χ4n) is 6.56. The van der Waals surface area contributed by atoms with Crippen LogP contribution >= 0.6 is 11.8 Å². The van der Waals surface area contributed by atoms with Gasteiger partial charge in [-0.15, -0.1) is 11.8 Å². The second kappa shape index (κ2) is 17.9. The van der Waals surface area contributed by atoms with Crippen molar-refractivity contribution in [1.29, 1.82) is 0 Å². The molecule has 10 heteroatoms. The number of nitrogens with two attached hydrogens (primary N) is 1. The Morgan fingerprint density at radius 1 is 0.729 bits per heavy atom. The maximum atomic E-state index is 11.7. The van der Waals surface area contributed by atoms with E-state index in [2.05, 4.69) is 110 Å². The third-order valence-corrected chi connectivity index (χ3v) is 9.73. The van der Waals surface area contributed by atoms with E-state index in [1.54, 1.807) is 11.8 Å². The van der Waals surface area contributed by atoms with E-state index in [0.29, 0.717) is 18.2 Å². The van der Waals surface area contributed by atoms with E-state index in [1.807, 2.05) is 0 Å². The van der Waals surface area contributed by atoms with Gasteiger partial charge in [0.25, 0.3) is 0 Å². The number of anilines is 2. The fraction of sp³-hybridized carbons (Fsp3) is 0.447. The van der Waals surface area contributed by atoms with E-state index < -0.39 is 0 Å². The molecule has 9 nitrogen and oxygen atoms in total. The lowest BCUT2D eigenvalue weighted by molar-refractivity contribution is -0.119. The maximum absolute atomic E-state index is 11.7. The molecule has 0 bridgehead atoms. The van der Waals surface area contributed by atoms with Gasteiger partial charge in [0.1, 0.15) is 16.7 Å². The van der Waals surface area contributed by atoms with E-state index in [4.69, 9.17) is 25.7 Å². The standard InChI is InChI=1S/C38H50N8OS/c1-4-7-18-30-43-29(24-33(45-30)48-22-21-41-32(47)25-39)37-34(26-14-10-8-11-15-26)36(35(37)27-16-12-9-13-17-27)28-23-31(40-19-5-2)46-38(44-28)42-20-6-3/h8-17,23-24,34-37H,4-7,18-22,25,39H2,1-3H3,(H,41,47)(H2,40,42,44,46)/t34-,35-,36?,37?/m0/s1. The highest BCUT2D eigenvalue weighted by Gasteiger charge is 2.54. The zero-order valence-corrected chi connectivity index (χ0v) is 29.3. The van der Waals surface area contributed by atoms with Crippen LogP contribution in [0.2, 0.25) is 0 Å². The first kappa shape index (κ1) is 35.3. The van der Waals surface area contributed by atoms with Gasteiger partial charge in [0, 0.05) is 67.2 Å². The molecule has 1 saturated carbocycles. The molecule has 2 aromatic carbocycles. The Bertz CT molecular complexity index is 1510. The molecule has 2 aromatic heterocycles. The van der Waals surface area contributed by atoms with Crippen molar-refractivity contribution in [3.8, 4) is 0 Å². The predicted octanol–water partition coefficient (Wildman–Crippen LogP) is 6.87. The zero-order valence-electron chi connectivity index (χ0n) is 28.5. The molecule has 1 aliphatic rings. The van der Waals surface area contributed by atoms with Gasteiger partial charge in [0.15, 0.2) is 0 Å². The zero-order chi connectivity index (χ0) is 33.7. The van der Waals surface area contributed by atoms with Crippen LogP contribution in [0.1, 0.15) is 98.5 Å². The first-order valence-corrected chi connectivity index (χ1v) is 18.5. The Labute approximate surface area is 289 Å². The molecule has 5 N–H and O–H groups in total. The van der Waals surface area contributed by atoms with Gasteiger partial charge < -0.3 is 21.7 Å². The van der Waals surface area contributed by atoms with Crippen LogP contribution < -0.4 is 21.7 Å². The number of aryl methyl sites for hydroxylation is 1. The Kier molecular flexibility index (Phi) is 13.2. The second-order valence-corrected chi connectivity index (χ2v) is 13.4. The highest BCUT2D eigenvalue weighted by Crippen LogP contribution is 2.66. The number of amides is 1. The van der Waals surface area contributed by atoms with Crippen LogP contribution in [0.25, 0.3) is 0 Å². The molecule has 1 fully saturated rings. The summed E-state index contributed by atoms with van der Waals surface area (Å²) in [5, 5.41) is 10.8. The van der Waals surface area contributed by atoms with Crippen LogP contribution in [0.5, 0.6) is 0 Å². The molecule has 4 aromatic rings. The number of unbranched alkanes of at least 4 members (excludes halogenated alkanes) is 1. The van der Waals surface area contributed by atoms with Crippen molar-refractivity contribution in [1.82, 2.24) is 25.3 Å². The Hall–Kier alpha value is -4.02. The summed E-state index contributed by atoms with van der Waals surface area (Å²) >= 11 is 1.65. The molecule has 2 heterocycles. The highest BCUT2D eigenvalue weighted by atomic mass is 32.2. The summed E-state index contributed by atoms with van der Waals surface area (Å²) in [4.78, 5) is 32.0. The summed E-state index contributed by atoms with van der Waals surface area (Å²) in [7, 11) is 0. The minimum absolute atomic E-state index is 0.00721. The number of benzene rings is 2. The summed E-state index contributed by atoms with van der Waals surface area (Å²) in [5.41, 5.74) is 10.1. The number of aromatic nitrogens is 4. The molecule has 0 saturated heterocycles. The van der Waals surface area contributed by atoms with Crippen LogP contribution in [-0.4, -0.2) is 57.8 Å². The Balaban J connectivity index is 1.61. The highest BCUT2D eigenvalue weighted by molar-refractivity contribution is 7.99. The van der Waals surface area contributed by atoms with E-state index >= 15 is 0 Å². The first-order chi connectivity index (χ1) is 23.6. The topological polar surface area (TPSA) is 131 Å². The lowest BCUT2D eigenvalue weighted by atomic mass is 9.50. The SMILES string of the molecule is CCCCc1nc(SCCNC(=O)CN)cc(C2[C@@H](c3ccccc3)C(c3cc(NCCC)nc(NCCC)n3)[C@@H]2c2ccccc2)n1. The molecule has 1 aliphatic carbocycles. The summed E-state index contributed by atoms with van der Waals surface area (Å²) in [6, 6.07) is 26.0. The lowest BCUT2D eigenvalue weighted by Crippen LogP contribution is -2.41. The molecule has 48 heavy (non-hydrogen) atoms. The van der Waals surface area contributed by atoms with Gasteiger partial charge in [0.2, 0.25) is 11.9 Å². The average Bonchev–Trinajstić information content (AvgIpc) is 3.11. The smallest absolute Gasteiger partial charge is 0.233 e. The quantitative estimate of drug-likeness (QED) is 0.0511. The number of carbonyl (C=O) groups is 1. The fourth-order valence-corrected chi connectivity index (χ4v) is 7.35. The molecule has 0 spiro atoms. The van der Waals surface area contributed by atoms with Crippen molar-refractivity contribution >= 4 is 29.4 Å². The van der Waals surface area contributed by atoms with E-state index in [1.165, 1.54) is 11.1 Å². The molecule has 254 valence electrons. The van der Waals surface area contributed by atoms with Crippen LogP contribution in [0.3, 0.4) is 0 Å². The third kappa shape index (κ3) is 8.90. The molecule has 1 amide bonds. The molecular formula is C38H50N8OS. The van der Waals surface area contributed by atoms with Crippen molar-refractivity contribution < 1.29 is 4.79 Å². The average molecular weight is 667 g/mol. The summed E-state index contributed by atoms with van der Waals surface area (Å²) in [5.74, 6) is 3.44. The largest absolute Gasteiger partial charge is 0.370 e. The van der Waals surface area contributed by atoms with E-state index in [0.717, 1.165) is 73.2 Å². The van der Waals surface area contributed by atoms with Gasteiger partial charge in [-0.2, -0.15) is 4.98 Å². The van der Waals surface area contributed by atoms with Crippen molar-refractivity contribution in [2.45, 2.75) is 81.6 Å². The number of hydrogen-bond acceptors (Lipinski definition) is 9. The molecular weight excluding hydrogens is 617 g/mol. The van der Waals surface area contributed by atoms with Gasteiger partial charge in [-0.25, -0.2) is 15.0 Å². The number of nitrogens with zero attached hydrogens (tertiary/aromatic N) is 4. The number of carbonyl (C=O) groups excluding carboxylic acids is 1. The van der Waals surface area contributed by atoms with Crippen LogP contribution in [0.15, 0.2) is 77.8 Å². The van der Waals surface area contributed by atoms with Crippen molar-refractivity contribution in [3.63, 3.8) is 0 Å². The number of rotatable bonds is 18. The van der Waals surface area contributed by atoms with Crippen LogP contribution in [-0.2, 0) is 11.2 Å². The normalized spacial score (nSPS) is 18.6. The Morgan fingerprint density at radius 2 is 1.35 bits per heavy atom. The molecule has 0 unspecified atom stereocenters. The van der Waals surface area contributed by atoms with Gasteiger partial charge in [-0.05, 0) is 36.5 Å². The summed E-state index contributed by atoms with van der Waals surface area (Å²) in [6.07, 6.45) is 4.93. The lowest BCUT2D eigenvalue weighted by Gasteiger charge is -2.52. The first-order valence-electron chi connectivity index (χ1n) is 17.5. The minimum atomic E-state index is -0.148. The molecule has 0 aliphatic heterocycles. The van der Waals surface area contributed by atoms with E-state index in [-0.39, 0.29) is 36.1 Å². The maximum Gasteiger partial charge on any atom is 0.233 e. The molecule has 0 radical (unpaired) electrons. The van der Waals surface area contributed by atoms with Gasteiger partial charge in [0.05, 0.1) is 12.2 Å². The van der Waals surface area contributed by atoms with Crippen molar-refractivity contribution in [2.24, 2.45) is 5.73 Å². The monoisotopic (exact) mass is 666 g/mol. The molecule has 5 rings (SSSR count). The van der Waals surface area contributed by atoms with Crippen LogP contribution in [0.4, 0.5) is 11.8 Å². The summed E-state index contributed by atoms with van der Waals surface area (Å²) in [6.45, 7) is 8.70. The van der Waals surface area contributed by atoms with Crippen molar-refractivity contribution in [3.05, 3.63) is 101 Å². The Morgan fingerprint density at radius 3 is 1.96 bits per heavy atom. The van der Waals surface area contributed by atoms with Gasteiger partial charge in [-0.3, -0.25) is 4.79 Å². The predicted molar refractivity (Wildman–Crippen MR) is 197 cm³/mol. The van der Waals surface area contributed by atoms with E-state index in [9.17, 15) is 4.79 Å². The van der Waals surface area contributed by atoms with Crippen LogP contribution in [0, 0.1) is 0 Å². The number of thioether (sulfide) groups is 1. The van der Waals surface area contributed by atoms with Crippen molar-refractivity contribution in [2.75, 3.05) is 42.6 Å². The number of nitrogens with one attached hydrogen (secondary N) is 3. The minimum Gasteiger partial charge on any atom is -0.370 e. The third-order valence-electron chi connectivity index (χ3n) is 8.82.